The Hall–Kier alpha value is -5.05. The number of nitriles is 1. The van der Waals surface area contributed by atoms with Gasteiger partial charge < -0.3 is 14.4 Å². The van der Waals surface area contributed by atoms with E-state index in [1.165, 1.54) is 18.3 Å². The van der Waals surface area contributed by atoms with E-state index >= 15 is 0 Å². The molecule has 0 bridgehead atoms. The van der Waals surface area contributed by atoms with Crippen LogP contribution in [-0.2, 0) is 4.74 Å². The number of pyridine rings is 2. The number of aromatic nitrogens is 6. The number of hydrogen-bond donors (Lipinski definition) is 0. The van der Waals surface area contributed by atoms with Crippen LogP contribution in [0.25, 0.3) is 27.5 Å². The van der Waals surface area contributed by atoms with Crippen LogP contribution in [0, 0.1) is 24.1 Å². The molecular formula is C32H33FN8O3. The summed E-state index contributed by atoms with van der Waals surface area (Å²) in [6.45, 7) is 10.6. The number of ether oxygens (including phenoxy) is 2. The van der Waals surface area contributed by atoms with Crippen LogP contribution >= 0.6 is 0 Å². The third-order valence-electron chi connectivity index (χ3n) is 7.85. The van der Waals surface area contributed by atoms with Gasteiger partial charge in [-0.25, -0.2) is 18.4 Å². The fourth-order valence-electron chi connectivity index (χ4n) is 5.71. The number of fused-ring (bicyclic) bond motifs is 2. The summed E-state index contributed by atoms with van der Waals surface area (Å²) in [7, 11) is 0. The first kappa shape index (κ1) is 29.0. The number of carbonyl (C=O) groups excluding carboxylic acids is 1. The Labute approximate surface area is 253 Å². The smallest absolute Gasteiger partial charge is 0.410 e. The van der Waals surface area contributed by atoms with Gasteiger partial charge in [0.2, 0.25) is 0 Å². The number of nitrogens with zero attached hydrogens (tertiary/aromatic N) is 8. The molecule has 6 rings (SSSR count). The number of benzene rings is 1. The zero-order valence-electron chi connectivity index (χ0n) is 25.3. The van der Waals surface area contributed by atoms with Gasteiger partial charge in [-0.05, 0) is 71.0 Å². The Morgan fingerprint density at radius 2 is 1.93 bits per heavy atom. The van der Waals surface area contributed by atoms with E-state index in [4.69, 9.17) is 9.47 Å². The minimum absolute atomic E-state index is 0.0769. The van der Waals surface area contributed by atoms with Gasteiger partial charge in [0.15, 0.2) is 0 Å². The van der Waals surface area contributed by atoms with E-state index in [2.05, 4.69) is 26.5 Å². The van der Waals surface area contributed by atoms with Crippen LogP contribution in [-0.4, -0.2) is 59.3 Å². The highest BCUT2D eigenvalue weighted by Crippen LogP contribution is 2.35. The second kappa shape index (κ2) is 11.2. The molecular weight excluding hydrogens is 563 g/mol. The molecule has 44 heavy (non-hydrogen) atoms. The molecule has 1 aromatic carbocycles. The molecule has 1 saturated heterocycles. The zero-order chi connectivity index (χ0) is 31.2. The van der Waals surface area contributed by atoms with Crippen molar-refractivity contribution in [3.63, 3.8) is 0 Å². The van der Waals surface area contributed by atoms with E-state index in [1.54, 1.807) is 27.9 Å². The van der Waals surface area contributed by atoms with Crippen molar-refractivity contribution in [3.8, 4) is 23.1 Å². The topological polar surface area (TPSA) is 123 Å². The van der Waals surface area contributed by atoms with Crippen LogP contribution in [0.15, 0.2) is 49.1 Å². The molecule has 0 radical (unpaired) electrons. The monoisotopic (exact) mass is 596 g/mol. The molecule has 0 spiro atoms. The molecule has 0 aliphatic carbocycles. The quantitative estimate of drug-likeness (QED) is 0.236. The highest BCUT2D eigenvalue weighted by molar-refractivity contribution is 5.85. The highest BCUT2D eigenvalue weighted by atomic mass is 19.1. The minimum Gasteiger partial charge on any atom is -0.484 e. The predicted molar refractivity (Wildman–Crippen MR) is 160 cm³/mol. The van der Waals surface area contributed by atoms with Gasteiger partial charge in [-0.2, -0.15) is 10.4 Å². The number of piperidine rings is 1. The summed E-state index contributed by atoms with van der Waals surface area (Å²) in [5.41, 5.74) is 3.39. The Morgan fingerprint density at radius 1 is 1.16 bits per heavy atom. The maximum atomic E-state index is 13.9. The lowest BCUT2D eigenvalue weighted by Crippen LogP contribution is -2.42. The van der Waals surface area contributed by atoms with Crippen molar-refractivity contribution < 1.29 is 18.7 Å². The van der Waals surface area contributed by atoms with E-state index in [9.17, 15) is 14.4 Å². The van der Waals surface area contributed by atoms with Crippen molar-refractivity contribution in [2.24, 2.45) is 0 Å². The normalized spacial score (nSPS) is 15.0. The Kier molecular flexibility index (Phi) is 7.41. The van der Waals surface area contributed by atoms with Crippen molar-refractivity contribution in [2.75, 3.05) is 13.1 Å². The van der Waals surface area contributed by atoms with Gasteiger partial charge in [-0.15, -0.1) is 5.10 Å². The Morgan fingerprint density at radius 3 is 2.66 bits per heavy atom. The van der Waals surface area contributed by atoms with Crippen LogP contribution in [0.2, 0.25) is 0 Å². The summed E-state index contributed by atoms with van der Waals surface area (Å²) >= 11 is 0. The van der Waals surface area contributed by atoms with E-state index in [0.29, 0.717) is 41.0 Å². The average molecular weight is 597 g/mol. The molecule has 5 heterocycles. The Balaban J connectivity index is 1.29. The molecule has 5 aromatic rings. The van der Waals surface area contributed by atoms with Gasteiger partial charge in [-0.1, -0.05) is 11.3 Å². The molecule has 0 N–H and O–H groups in total. The largest absolute Gasteiger partial charge is 0.484 e. The molecule has 12 heteroatoms. The molecule has 1 atom stereocenters. The highest BCUT2D eigenvalue weighted by Gasteiger charge is 2.29. The molecule has 226 valence electrons. The summed E-state index contributed by atoms with van der Waals surface area (Å²) in [6, 6.07) is 8.69. The zero-order valence-corrected chi connectivity index (χ0v) is 25.3. The summed E-state index contributed by atoms with van der Waals surface area (Å²) in [4.78, 5) is 18.6. The van der Waals surface area contributed by atoms with Crippen molar-refractivity contribution in [3.05, 3.63) is 71.7 Å². The number of rotatable bonds is 5. The van der Waals surface area contributed by atoms with Crippen molar-refractivity contribution in [1.29, 1.82) is 5.26 Å². The standard InChI is InChI=1S/C32H33FN8O3/c1-19-29(37-38-41(19)25-8-10-39(11-9-25)31(42)44-32(3,4)5)22-13-28(30-23(14-34)16-36-40(30)18-22)43-20(2)27-17-35-15-21-12-24(33)6-7-26(21)27/h6-7,12-13,15-18,20,25H,8-11H2,1-5H3. The molecule has 1 amide bonds. The van der Waals surface area contributed by atoms with E-state index in [-0.39, 0.29) is 18.0 Å². The van der Waals surface area contributed by atoms with Crippen LogP contribution in [0.3, 0.4) is 0 Å². The maximum Gasteiger partial charge on any atom is 0.410 e. The molecule has 4 aromatic heterocycles. The van der Waals surface area contributed by atoms with Gasteiger partial charge in [0.1, 0.15) is 46.1 Å². The van der Waals surface area contributed by atoms with Crippen LogP contribution in [0.4, 0.5) is 9.18 Å². The molecule has 1 unspecified atom stereocenters. The number of halogens is 1. The predicted octanol–water partition coefficient (Wildman–Crippen LogP) is 6.17. The third kappa shape index (κ3) is 5.53. The van der Waals surface area contributed by atoms with Crippen molar-refractivity contribution in [1.82, 2.24) is 34.5 Å². The lowest BCUT2D eigenvalue weighted by molar-refractivity contribution is 0.0183. The average Bonchev–Trinajstić information content (AvgIpc) is 3.59. The fourth-order valence-corrected chi connectivity index (χ4v) is 5.71. The SMILES string of the molecule is Cc1c(-c2cc(OC(C)c3cncc4cc(F)ccc34)c3c(C#N)cnn3c2)nnn1C1CCN(C(=O)OC(C)(C)C)CC1. The van der Waals surface area contributed by atoms with Crippen molar-refractivity contribution >= 4 is 22.4 Å². The van der Waals surface area contributed by atoms with Gasteiger partial charge in [0, 0.05) is 48.2 Å². The van der Waals surface area contributed by atoms with Crippen LogP contribution in [0.5, 0.6) is 5.75 Å². The van der Waals surface area contributed by atoms with Crippen LogP contribution in [0.1, 0.15) is 69.5 Å². The van der Waals surface area contributed by atoms with Crippen LogP contribution < -0.4 is 4.74 Å². The molecule has 1 aliphatic heterocycles. The fraction of sp³-hybridized carbons (Fsp3) is 0.375. The lowest BCUT2D eigenvalue weighted by atomic mass is 10.0. The molecule has 11 nitrogen and oxygen atoms in total. The Bertz CT molecular complexity index is 1910. The summed E-state index contributed by atoms with van der Waals surface area (Å²) in [5, 5.41) is 24.7. The first-order valence-electron chi connectivity index (χ1n) is 14.5. The summed E-state index contributed by atoms with van der Waals surface area (Å²) in [5.74, 6) is 0.108. The van der Waals surface area contributed by atoms with Gasteiger partial charge in [0.05, 0.1) is 17.9 Å². The van der Waals surface area contributed by atoms with E-state index in [1.807, 2.05) is 51.6 Å². The molecule has 1 fully saturated rings. The first-order valence-corrected chi connectivity index (χ1v) is 14.5. The number of carbonyl (C=O) groups is 1. The summed E-state index contributed by atoms with van der Waals surface area (Å²) in [6.07, 6.45) is 7.30. The van der Waals surface area contributed by atoms with Crippen molar-refractivity contribution in [2.45, 2.75) is 65.2 Å². The molecule has 0 saturated carbocycles. The maximum absolute atomic E-state index is 13.9. The van der Waals surface area contributed by atoms with Gasteiger partial charge in [0.25, 0.3) is 0 Å². The first-order chi connectivity index (χ1) is 21.0. The number of hydrogen-bond acceptors (Lipinski definition) is 8. The molecule has 1 aliphatic rings. The number of likely N-dealkylation sites (tertiary alicyclic amines) is 1. The van der Waals surface area contributed by atoms with Gasteiger partial charge >= 0.3 is 6.09 Å². The lowest BCUT2D eigenvalue weighted by Gasteiger charge is -2.33. The van der Waals surface area contributed by atoms with E-state index < -0.39 is 11.7 Å². The second-order valence-corrected chi connectivity index (χ2v) is 12.1. The summed E-state index contributed by atoms with van der Waals surface area (Å²) < 4.78 is 29.4. The second-order valence-electron chi connectivity index (χ2n) is 12.1. The van der Waals surface area contributed by atoms with Gasteiger partial charge in [-0.3, -0.25) is 4.98 Å². The van der Waals surface area contributed by atoms with E-state index in [0.717, 1.165) is 35.0 Å². The minimum atomic E-state index is -0.541. The third-order valence-corrected chi connectivity index (χ3v) is 7.85. The number of amides is 1.